The van der Waals surface area contributed by atoms with E-state index in [1.165, 1.54) is 6.92 Å². The van der Waals surface area contributed by atoms with Crippen LogP contribution in [-0.2, 0) is 9.53 Å². The summed E-state index contributed by atoms with van der Waals surface area (Å²) in [5.41, 5.74) is 0. The summed E-state index contributed by atoms with van der Waals surface area (Å²) in [6.07, 6.45) is -0.167. The number of esters is 1. The summed E-state index contributed by atoms with van der Waals surface area (Å²) in [6, 6.07) is 0. The van der Waals surface area contributed by atoms with Gasteiger partial charge in [-0.25, -0.2) is 0 Å². The van der Waals surface area contributed by atoms with Gasteiger partial charge in [-0.3, -0.25) is 4.79 Å². The Kier molecular flexibility index (Phi) is 21.0. The van der Waals surface area contributed by atoms with Crippen molar-refractivity contribution in [3.63, 3.8) is 0 Å². The summed E-state index contributed by atoms with van der Waals surface area (Å²) >= 11 is 0. The average Bonchev–Trinajstić information content (AvgIpc) is 2.01. The summed E-state index contributed by atoms with van der Waals surface area (Å²) in [6.45, 7) is 11.3. The molecule has 0 aromatic rings. The number of rotatable bonds is 2. The van der Waals surface area contributed by atoms with E-state index in [9.17, 15) is 4.79 Å². The highest BCUT2D eigenvalue weighted by molar-refractivity contribution is 5.65. The van der Waals surface area contributed by atoms with Crippen molar-refractivity contribution in [3.8, 4) is 0 Å². The van der Waals surface area contributed by atoms with Gasteiger partial charge in [-0.1, -0.05) is 13.8 Å². The number of ether oxygens (including phenoxy) is 1. The standard InChI is InChI=1S/C6H12O2.C3H8O.C2H6O/c1-5(2)4-8-6(3)7;1-3(2)4;1-2-3/h5H,4H2,1-3H3;3-4H,1-2H3;3H,2H2,1H3. The van der Waals surface area contributed by atoms with E-state index >= 15 is 0 Å². The molecule has 0 aromatic carbocycles. The van der Waals surface area contributed by atoms with Crippen LogP contribution in [0, 0.1) is 5.92 Å². The molecule has 0 aliphatic carbocycles. The monoisotopic (exact) mass is 222 g/mol. The summed E-state index contributed by atoms with van der Waals surface area (Å²) in [4.78, 5) is 10.1. The third kappa shape index (κ3) is 90.1. The zero-order valence-corrected chi connectivity index (χ0v) is 10.8. The van der Waals surface area contributed by atoms with E-state index in [4.69, 9.17) is 10.2 Å². The van der Waals surface area contributed by atoms with Gasteiger partial charge in [0.05, 0.1) is 6.61 Å². The number of aliphatic hydroxyl groups is 2. The van der Waals surface area contributed by atoms with Gasteiger partial charge in [0, 0.05) is 19.6 Å². The molecule has 0 radical (unpaired) electrons. The lowest BCUT2D eigenvalue weighted by atomic mass is 10.2. The summed E-state index contributed by atoms with van der Waals surface area (Å²) in [5.74, 6) is 0.248. The minimum absolute atomic E-state index is 0.167. The fourth-order valence-corrected chi connectivity index (χ4v) is 0.284. The molecule has 0 rings (SSSR count). The van der Waals surface area contributed by atoms with Crippen LogP contribution in [0.3, 0.4) is 0 Å². The number of hydrogen-bond acceptors (Lipinski definition) is 4. The van der Waals surface area contributed by atoms with Gasteiger partial charge >= 0.3 is 5.97 Å². The topological polar surface area (TPSA) is 66.8 Å². The van der Waals surface area contributed by atoms with Crippen molar-refractivity contribution in [1.82, 2.24) is 0 Å². The SMILES string of the molecule is CC(=O)OCC(C)C.CC(C)O.CCO. The van der Waals surface area contributed by atoms with E-state index in [-0.39, 0.29) is 18.7 Å². The van der Waals surface area contributed by atoms with E-state index in [2.05, 4.69) is 4.74 Å². The predicted molar refractivity (Wildman–Crippen MR) is 61.6 cm³/mol. The van der Waals surface area contributed by atoms with Crippen LogP contribution in [0.1, 0.15) is 41.5 Å². The smallest absolute Gasteiger partial charge is 0.302 e. The molecule has 0 heterocycles. The van der Waals surface area contributed by atoms with E-state index < -0.39 is 0 Å². The lowest BCUT2D eigenvalue weighted by Crippen LogP contribution is -2.05. The minimum Gasteiger partial charge on any atom is -0.466 e. The zero-order chi connectivity index (χ0) is 12.9. The van der Waals surface area contributed by atoms with Crippen LogP contribution in [0.25, 0.3) is 0 Å². The molecule has 0 aliphatic heterocycles. The van der Waals surface area contributed by atoms with Gasteiger partial charge in [0.2, 0.25) is 0 Å². The molecule has 94 valence electrons. The summed E-state index contributed by atoms with van der Waals surface area (Å²) < 4.78 is 4.66. The van der Waals surface area contributed by atoms with Gasteiger partial charge in [-0.15, -0.1) is 0 Å². The van der Waals surface area contributed by atoms with Crippen molar-refractivity contribution >= 4 is 5.97 Å². The van der Waals surface area contributed by atoms with Crippen LogP contribution in [-0.4, -0.2) is 35.5 Å². The predicted octanol–water partition coefficient (Wildman–Crippen LogP) is 1.59. The Labute approximate surface area is 93.3 Å². The molecule has 0 unspecified atom stereocenters. The minimum atomic E-state index is -0.196. The van der Waals surface area contributed by atoms with Crippen LogP contribution >= 0.6 is 0 Å². The fraction of sp³-hybridized carbons (Fsp3) is 0.909. The molecule has 15 heavy (non-hydrogen) atoms. The van der Waals surface area contributed by atoms with Crippen LogP contribution in [0.2, 0.25) is 0 Å². The summed E-state index contributed by atoms with van der Waals surface area (Å²) in [5, 5.41) is 15.6. The summed E-state index contributed by atoms with van der Waals surface area (Å²) in [7, 11) is 0. The number of carbonyl (C=O) groups excluding carboxylic acids is 1. The molecule has 0 spiro atoms. The first-order valence-corrected chi connectivity index (χ1v) is 5.20. The lowest BCUT2D eigenvalue weighted by Gasteiger charge is -2.02. The molecule has 4 nitrogen and oxygen atoms in total. The molecule has 0 fully saturated rings. The van der Waals surface area contributed by atoms with Crippen LogP contribution in [0.15, 0.2) is 0 Å². The second-order valence-electron chi connectivity index (χ2n) is 3.61. The van der Waals surface area contributed by atoms with Crippen LogP contribution in [0.5, 0.6) is 0 Å². The maximum absolute atomic E-state index is 10.1. The Morgan fingerprint density at radius 3 is 1.60 bits per heavy atom. The third-order valence-electron chi connectivity index (χ3n) is 0.620. The quantitative estimate of drug-likeness (QED) is 0.696. The maximum Gasteiger partial charge on any atom is 0.302 e. The Hall–Kier alpha value is -0.610. The highest BCUT2D eigenvalue weighted by Gasteiger charge is 1.94. The molecule has 0 saturated carbocycles. The average molecular weight is 222 g/mol. The molecule has 0 amide bonds. The number of carbonyl (C=O) groups is 1. The highest BCUT2D eigenvalue weighted by atomic mass is 16.5. The molecular formula is C11H26O4. The lowest BCUT2D eigenvalue weighted by molar-refractivity contribution is -0.141. The van der Waals surface area contributed by atoms with Crippen molar-refractivity contribution in [2.75, 3.05) is 13.2 Å². The Morgan fingerprint density at radius 1 is 1.27 bits per heavy atom. The Morgan fingerprint density at radius 2 is 1.53 bits per heavy atom. The van der Waals surface area contributed by atoms with Gasteiger partial charge in [-0.05, 0) is 26.7 Å². The zero-order valence-electron chi connectivity index (χ0n) is 10.8. The number of hydrogen-bond donors (Lipinski definition) is 2. The first-order valence-electron chi connectivity index (χ1n) is 5.20. The second kappa shape index (κ2) is 15.8. The first-order chi connectivity index (χ1) is 6.77. The van der Waals surface area contributed by atoms with E-state index in [0.29, 0.717) is 12.5 Å². The first kappa shape index (κ1) is 19.9. The molecule has 2 N–H and O–H groups in total. The van der Waals surface area contributed by atoms with Gasteiger partial charge in [0.1, 0.15) is 0 Å². The molecule has 0 bridgehead atoms. The van der Waals surface area contributed by atoms with Crippen LogP contribution < -0.4 is 0 Å². The van der Waals surface area contributed by atoms with Crippen molar-refractivity contribution in [2.45, 2.75) is 47.6 Å². The van der Waals surface area contributed by atoms with Gasteiger partial charge in [0.25, 0.3) is 0 Å². The molecule has 0 aromatic heterocycles. The van der Waals surface area contributed by atoms with Crippen LogP contribution in [0.4, 0.5) is 0 Å². The van der Waals surface area contributed by atoms with Crippen molar-refractivity contribution in [1.29, 1.82) is 0 Å². The second-order valence-corrected chi connectivity index (χ2v) is 3.61. The Balaban J connectivity index is -0.000000173. The highest BCUT2D eigenvalue weighted by Crippen LogP contribution is 1.91. The van der Waals surface area contributed by atoms with E-state index in [0.717, 1.165) is 0 Å². The molecular weight excluding hydrogens is 196 g/mol. The van der Waals surface area contributed by atoms with Gasteiger partial charge < -0.3 is 14.9 Å². The maximum atomic E-state index is 10.1. The fourth-order valence-electron chi connectivity index (χ4n) is 0.284. The van der Waals surface area contributed by atoms with E-state index in [1.54, 1.807) is 20.8 Å². The molecule has 0 atom stereocenters. The Bertz CT molecular complexity index is 119. The number of aliphatic hydroxyl groups excluding tert-OH is 2. The third-order valence-corrected chi connectivity index (χ3v) is 0.620. The molecule has 4 heteroatoms. The van der Waals surface area contributed by atoms with E-state index in [1.807, 2.05) is 13.8 Å². The molecule has 0 saturated heterocycles. The van der Waals surface area contributed by atoms with Gasteiger partial charge in [0.15, 0.2) is 0 Å². The largest absolute Gasteiger partial charge is 0.466 e. The van der Waals surface area contributed by atoms with Crippen molar-refractivity contribution in [2.24, 2.45) is 5.92 Å². The van der Waals surface area contributed by atoms with Crippen molar-refractivity contribution < 1.29 is 19.7 Å². The van der Waals surface area contributed by atoms with Crippen molar-refractivity contribution in [3.05, 3.63) is 0 Å². The molecule has 0 aliphatic rings. The van der Waals surface area contributed by atoms with Gasteiger partial charge in [-0.2, -0.15) is 0 Å². The normalized spacial score (nSPS) is 8.67.